The predicted molar refractivity (Wildman–Crippen MR) is 78.4 cm³/mol. The molecule has 2 heteroatoms. The second-order valence-electron chi connectivity index (χ2n) is 4.58. The molecular formula is C15H15NS. The molecule has 0 unspecified atom stereocenters. The van der Waals surface area contributed by atoms with Crippen molar-refractivity contribution in [3.8, 4) is 0 Å². The number of benzene rings is 2. The highest BCUT2D eigenvalue weighted by Gasteiger charge is 2.10. The Hall–Kier alpha value is -1.54. The van der Waals surface area contributed by atoms with Crippen molar-refractivity contribution < 1.29 is 0 Å². The molecule has 0 fully saturated rings. The standard InChI is InChI=1S/C15H15NS/c1-10-13(16(2)3)9-8-12-11-6-4-5-7-14(11)17-15(10)12/h4-9H,1-3H3. The van der Waals surface area contributed by atoms with Gasteiger partial charge in [-0.3, -0.25) is 0 Å². The van der Waals surface area contributed by atoms with Gasteiger partial charge < -0.3 is 4.90 Å². The number of aryl methyl sites for hydroxylation is 1. The van der Waals surface area contributed by atoms with E-state index in [0.29, 0.717) is 0 Å². The van der Waals surface area contributed by atoms with Gasteiger partial charge in [-0.1, -0.05) is 24.3 Å². The maximum atomic E-state index is 2.25. The molecule has 1 nitrogen and oxygen atoms in total. The summed E-state index contributed by atoms with van der Waals surface area (Å²) in [6.45, 7) is 2.22. The summed E-state index contributed by atoms with van der Waals surface area (Å²) in [5, 5.41) is 2.76. The van der Waals surface area contributed by atoms with E-state index in [1.165, 1.54) is 31.4 Å². The molecule has 0 bridgehead atoms. The molecule has 0 aliphatic heterocycles. The molecule has 0 amide bonds. The first-order chi connectivity index (χ1) is 8.18. The predicted octanol–water partition coefficient (Wildman–Crippen LogP) is 4.43. The van der Waals surface area contributed by atoms with E-state index in [0.717, 1.165) is 0 Å². The van der Waals surface area contributed by atoms with Crippen LogP contribution in [-0.4, -0.2) is 14.1 Å². The fourth-order valence-electron chi connectivity index (χ4n) is 2.40. The Balaban J connectivity index is 2.44. The van der Waals surface area contributed by atoms with Crippen molar-refractivity contribution in [2.45, 2.75) is 6.92 Å². The van der Waals surface area contributed by atoms with Crippen molar-refractivity contribution in [2.75, 3.05) is 19.0 Å². The SMILES string of the molecule is Cc1c(N(C)C)ccc2c1sc1ccccc12. The molecular weight excluding hydrogens is 226 g/mol. The van der Waals surface area contributed by atoms with Crippen LogP contribution in [0.15, 0.2) is 36.4 Å². The molecule has 17 heavy (non-hydrogen) atoms. The van der Waals surface area contributed by atoms with Crippen LogP contribution in [-0.2, 0) is 0 Å². The van der Waals surface area contributed by atoms with Crippen LogP contribution in [0.1, 0.15) is 5.56 Å². The molecule has 0 radical (unpaired) electrons. The number of anilines is 1. The summed E-state index contributed by atoms with van der Waals surface area (Å²) in [5.74, 6) is 0. The van der Waals surface area contributed by atoms with Crippen molar-refractivity contribution in [1.29, 1.82) is 0 Å². The highest BCUT2D eigenvalue weighted by atomic mass is 32.1. The second-order valence-corrected chi connectivity index (χ2v) is 5.63. The van der Waals surface area contributed by atoms with Gasteiger partial charge >= 0.3 is 0 Å². The first-order valence-corrected chi connectivity index (χ1v) is 6.58. The van der Waals surface area contributed by atoms with Crippen LogP contribution in [0.4, 0.5) is 5.69 Å². The van der Waals surface area contributed by atoms with Gasteiger partial charge in [0.2, 0.25) is 0 Å². The van der Waals surface area contributed by atoms with Crippen LogP contribution in [0, 0.1) is 6.92 Å². The molecule has 0 atom stereocenters. The highest BCUT2D eigenvalue weighted by molar-refractivity contribution is 7.26. The van der Waals surface area contributed by atoms with E-state index in [2.05, 4.69) is 62.3 Å². The van der Waals surface area contributed by atoms with Gasteiger partial charge in [0.25, 0.3) is 0 Å². The van der Waals surface area contributed by atoms with E-state index in [4.69, 9.17) is 0 Å². The fourth-order valence-corrected chi connectivity index (χ4v) is 3.60. The zero-order valence-electron chi connectivity index (χ0n) is 10.3. The zero-order chi connectivity index (χ0) is 12.0. The Bertz CT molecular complexity index is 695. The van der Waals surface area contributed by atoms with E-state index in [9.17, 15) is 0 Å². The van der Waals surface area contributed by atoms with Gasteiger partial charge in [-0.05, 0) is 24.6 Å². The number of hydrogen-bond donors (Lipinski definition) is 0. The van der Waals surface area contributed by atoms with Gasteiger partial charge in [0, 0.05) is 40.0 Å². The lowest BCUT2D eigenvalue weighted by Crippen LogP contribution is -2.09. The Morgan fingerprint density at radius 3 is 2.47 bits per heavy atom. The number of rotatable bonds is 1. The van der Waals surface area contributed by atoms with E-state index >= 15 is 0 Å². The van der Waals surface area contributed by atoms with Gasteiger partial charge in [-0.15, -0.1) is 11.3 Å². The van der Waals surface area contributed by atoms with E-state index in [1.807, 2.05) is 11.3 Å². The summed E-state index contributed by atoms with van der Waals surface area (Å²) in [4.78, 5) is 2.18. The molecule has 1 heterocycles. The lowest BCUT2D eigenvalue weighted by atomic mass is 10.1. The number of hydrogen-bond acceptors (Lipinski definition) is 2. The minimum atomic E-state index is 1.31. The van der Waals surface area contributed by atoms with Crippen molar-refractivity contribution in [3.63, 3.8) is 0 Å². The van der Waals surface area contributed by atoms with Crippen LogP contribution in [0.5, 0.6) is 0 Å². The second kappa shape index (κ2) is 3.74. The lowest BCUT2D eigenvalue weighted by Gasteiger charge is -2.15. The molecule has 0 aliphatic rings. The van der Waals surface area contributed by atoms with Crippen molar-refractivity contribution >= 4 is 37.2 Å². The van der Waals surface area contributed by atoms with Gasteiger partial charge in [-0.25, -0.2) is 0 Å². The van der Waals surface area contributed by atoms with E-state index in [1.54, 1.807) is 0 Å². The summed E-state index contributed by atoms with van der Waals surface area (Å²) in [6, 6.07) is 13.1. The molecule has 0 N–H and O–H groups in total. The Kier molecular flexibility index (Phi) is 2.33. The van der Waals surface area contributed by atoms with Crippen LogP contribution in [0.25, 0.3) is 20.2 Å². The van der Waals surface area contributed by atoms with E-state index in [-0.39, 0.29) is 0 Å². The third kappa shape index (κ3) is 1.52. The quantitative estimate of drug-likeness (QED) is 0.609. The highest BCUT2D eigenvalue weighted by Crippen LogP contribution is 2.38. The average molecular weight is 241 g/mol. The summed E-state index contributed by atoms with van der Waals surface area (Å²) in [5.41, 5.74) is 2.69. The molecule has 86 valence electrons. The molecule has 0 aliphatic carbocycles. The monoisotopic (exact) mass is 241 g/mol. The normalized spacial score (nSPS) is 11.2. The molecule has 3 rings (SSSR count). The number of fused-ring (bicyclic) bond motifs is 3. The zero-order valence-corrected chi connectivity index (χ0v) is 11.1. The molecule has 1 aromatic heterocycles. The maximum Gasteiger partial charge on any atom is 0.0405 e. The number of thiophene rings is 1. The van der Waals surface area contributed by atoms with Crippen LogP contribution in [0.3, 0.4) is 0 Å². The molecule has 0 saturated heterocycles. The third-order valence-electron chi connectivity index (χ3n) is 3.25. The fraction of sp³-hybridized carbons (Fsp3) is 0.200. The average Bonchev–Trinajstić information content (AvgIpc) is 2.69. The van der Waals surface area contributed by atoms with Gasteiger partial charge in [0.15, 0.2) is 0 Å². The van der Waals surface area contributed by atoms with Crippen molar-refractivity contribution in [2.24, 2.45) is 0 Å². The summed E-state index contributed by atoms with van der Waals surface area (Å²) in [6.07, 6.45) is 0. The molecule has 0 spiro atoms. The Labute approximate surface area is 105 Å². The number of nitrogens with zero attached hydrogens (tertiary/aromatic N) is 1. The molecule has 2 aromatic carbocycles. The molecule has 0 saturated carbocycles. The van der Waals surface area contributed by atoms with Crippen molar-refractivity contribution in [3.05, 3.63) is 42.0 Å². The molecule has 3 aromatic rings. The minimum absolute atomic E-state index is 1.31. The minimum Gasteiger partial charge on any atom is -0.377 e. The smallest absolute Gasteiger partial charge is 0.0405 e. The third-order valence-corrected chi connectivity index (χ3v) is 4.55. The van der Waals surface area contributed by atoms with Gasteiger partial charge in [0.05, 0.1) is 0 Å². The lowest BCUT2D eigenvalue weighted by molar-refractivity contribution is 1.12. The Morgan fingerprint density at radius 2 is 1.71 bits per heavy atom. The summed E-state index contributed by atoms with van der Waals surface area (Å²) < 4.78 is 2.79. The summed E-state index contributed by atoms with van der Waals surface area (Å²) in [7, 11) is 4.20. The van der Waals surface area contributed by atoms with Crippen LogP contribution >= 0.6 is 11.3 Å². The van der Waals surface area contributed by atoms with Crippen LogP contribution < -0.4 is 4.90 Å². The first-order valence-electron chi connectivity index (χ1n) is 5.76. The van der Waals surface area contributed by atoms with Crippen LogP contribution in [0.2, 0.25) is 0 Å². The maximum absolute atomic E-state index is 2.25. The largest absolute Gasteiger partial charge is 0.377 e. The van der Waals surface area contributed by atoms with Gasteiger partial charge in [-0.2, -0.15) is 0 Å². The Morgan fingerprint density at radius 1 is 0.941 bits per heavy atom. The van der Waals surface area contributed by atoms with Crippen molar-refractivity contribution in [1.82, 2.24) is 0 Å². The van der Waals surface area contributed by atoms with Gasteiger partial charge in [0.1, 0.15) is 0 Å². The topological polar surface area (TPSA) is 3.24 Å². The summed E-state index contributed by atoms with van der Waals surface area (Å²) >= 11 is 1.89. The van der Waals surface area contributed by atoms with E-state index < -0.39 is 0 Å². The first kappa shape index (κ1) is 10.6.